The molecular formula is C20H20N4O3. The van der Waals surface area contributed by atoms with Gasteiger partial charge in [-0.3, -0.25) is 9.59 Å². The molecule has 0 spiro atoms. The summed E-state index contributed by atoms with van der Waals surface area (Å²) in [6, 6.07) is 14.4. The minimum atomic E-state index is -0.582. The van der Waals surface area contributed by atoms with Gasteiger partial charge in [-0.25, -0.2) is 4.68 Å². The van der Waals surface area contributed by atoms with Crippen LogP contribution in [0.2, 0.25) is 0 Å². The van der Waals surface area contributed by atoms with Gasteiger partial charge in [0.15, 0.2) is 6.61 Å². The molecule has 0 saturated carbocycles. The molecule has 0 aliphatic heterocycles. The Kier molecular flexibility index (Phi) is 5.21. The number of nitrogens with zero attached hydrogens (tertiary/aromatic N) is 2. The Labute approximate surface area is 156 Å². The highest BCUT2D eigenvalue weighted by atomic mass is 16.5. The van der Waals surface area contributed by atoms with Crippen LogP contribution in [0.1, 0.15) is 21.6 Å². The van der Waals surface area contributed by atoms with Crippen molar-refractivity contribution in [2.45, 2.75) is 13.8 Å². The van der Waals surface area contributed by atoms with Gasteiger partial charge in [-0.1, -0.05) is 17.7 Å². The lowest BCUT2D eigenvalue weighted by Gasteiger charge is -2.10. The third-order valence-corrected chi connectivity index (χ3v) is 3.95. The second kappa shape index (κ2) is 7.74. The van der Waals surface area contributed by atoms with E-state index in [-0.39, 0.29) is 18.2 Å². The predicted molar refractivity (Wildman–Crippen MR) is 102 cm³/mol. The van der Waals surface area contributed by atoms with Gasteiger partial charge in [-0.2, -0.15) is 5.10 Å². The molecule has 138 valence electrons. The molecule has 0 aliphatic rings. The molecule has 1 heterocycles. The number of aryl methyl sites for hydroxylation is 2. The zero-order chi connectivity index (χ0) is 19.4. The van der Waals surface area contributed by atoms with Crippen molar-refractivity contribution in [1.29, 1.82) is 0 Å². The number of benzene rings is 2. The number of primary amides is 1. The van der Waals surface area contributed by atoms with E-state index in [1.54, 1.807) is 36.5 Å². The van der Waals surface area contributed by atoms with E-state index in [1.807, 2.05) is 32.0 Å². The number of rotatable bonds is 6. The lowest BCUT2D eigenvalue weighted by atomic mass is 10.1. The van der Waals surface area contributed by atoms with Crippen LogP contribution >= 0.6 is 0 Å². The Morgan fingerprint density at radius 1 is 1.11 bits per heavy atom. The minimum Gasteiger partial charge on any atom is -0.483 e. The molecule has 0 saturated heterocycles. The molecule has 0 unspecified atom stereocenters. The summed E-state index contributed by atoms with van der Waals surface area (Å²) in [6.45, 7) is 3.87. The Bertz CT molecular complexity index is 977. The van der Waals surface area contributed by atoms with Crippen molar-refractivity contribution in [3.8, 4) is 11.4 Å². The van der Waals surface area contributed by atoms with Crippen LogP contribution in [0.5, 0.6) is 5.75 Å². The van der Waals surface area contributed by atoms with E-state index in [1.165, 1.54) is 4.68 Å². The number of carbonyl (C=O) groups excluding carboxylic acids is 2. The molecule has 0 fully saturated rings. The molecule has 7 nitrogen and oxygen atoms in total. The molecule has 7 heteroatoms. The summed E-state index contributed by atoms with van der Waals surface area (Å²) in [5, 5.41) is 6.86. The van der Waals surface area contributed by atoms with Crippen molar-refractivity contribution < 1.29 is 14.3 Å². The molecule has 2 amide bonds. The number of nitrogens with two attached hydrogens (primary N) is 1. The van der Waals surface area contributed by atoms with Crippen LogP contribution in [-0.4, -0.2) is 28.2 Å². The summed E-state index contributed by atoms with van der Waals surface area (Å²) in [4.78, 5) is 23.2. The molecule has 3 aromatic rings. The van der Waals surface area contributed by atoms with Crippen molar-refractivity contribution in [3.63, 3.8) is 0 Å². The summed E-state index contributed by atoms with van der Waals surface area (Å²) < 4.78 is 7.11. The van der Waals surface area contributed by atoms with Gasteiger partial charge in [0.25, 0.3) is 11.8 Å². The maximum Gasteiger partial charge on any atom is 0.269 e. The van der Waals surface area contributed by atoms with E-state index in [9.17, 15) is 9.59 Å². The van der Waals surface area contributed by atoms with Gasteiger partial charge in [-0.05, 0) is 55.8 Å². The smallest absolute Gasteiger partial charge is 0.269 e. The van der Waals surface area contributed by atoms with Crippen molar-refractivity contribution in [2.75, 3.05) is 11.9 Å². The van der Waals surface area contributed by atoms with Crippen LogP contribution in [0.25, 0.3) is 5.69 Å². The van der Waals surface area contributed by atoms with Crippen LogP contribution in [0.3, 0.4) is 0 Å². The van der Waals surface area contributed by atoms with Gasteiger partial charge in [0.05, 0.1) is 5.69 Å². The van der Waals surface area contributed by atoms with E-state index in [2.05, 4.69) is 10.4 Å². The second-order valence-electron chi connectivity index (χ2n) is 6.16. The number of anilines is 1. The first-order chi connectivity index (χ1) is 12.9. The maximum atomic E-state index is 12.1. The van der Waals surface area contributed by atoms with Crippen molar-refractivity contribution in [1.82, 2.24) is 9.78 Å². The summed E-state index contributed by atoms with van der Waals surface area (Å²) in [5.41, 5.74) is 8.90. The van der Waals surface area contributed by atoms with Crippen molar-refractivity contribution in [2.24, 2.45) is 5.73 Å². The molecule has 1 aromatic heterocycles. The van der Waals surface area contributed by atoms with E-state index in [0.717, 1.165) is 16.8 Å². The van der Waals surface area contributed by atoms with E-state index in [4.69, 9.17) is 10.5 Å². The Morgan fingerprint density at radius 3 is 2.48 bits per heavy atom. The fraction of sp³-hybridized carbons (Fsp3) is 0.150. The van der Waals surface area contributed by atoms with Crippen LogP contribution in [0, 0.1) is 13.8 Å². The summed E-state index contributed by atoms with van der Waals surface area (Å²) in [5.74, 6) is -0.144. The Morgan fingerprint density at radius 2 is 1.85 bits per heavy atom. The van der Waals surface area contributed by atoms with Gasteiger partial charge < -0.3 is 15.8 Å². The SMILES string of the molecule is Cc1ccc(OCC(=O)Nc2ccc(-n3ccc(C(N)=O)n3)cc2)c(C)c1. The number of nitrogens with one attached hydrogen (secondary N) is 1. The maximum absolute atomic E-state index is 12.1. The van der Waals surface area contributed by atoms with Crippen LogP contribution in [0.4, 0.5) is 5.69 Å². The number of hydrogen-bond donors (Lipinski definition) is 2. The molecule has 3 rings (SSSR count). The molecule has 3 N–H and O–H groups in total. The fourth-order valence-corrected chi connectivity index (χ4v) is 2.60. The lowest BCUT2D eigenvalue weighted by Crippen LogP contribution is -2.20. The van der Waals surface area contributed by atoms with Gasteiger partial charge >= 0.3 is 0 Å². The first-order valence-corrected chi connectivity index (χ1v) is 8.38. The van der Waals surface area contributed by atoms with E-state index in [0.29, 0.717) is 11.4 Å². The normalized spacial score (nSPS) is 10.4. The number of ether oxygens (including phenoxy) is 1. The molecule has 0 radical (unpaired) electrons. The van der Waals surface area contributed by atoms with E-state index < -0.39 is 5.91 Å². The first-order valence-electron chi connectivity index (χ1n) is 8.38. The first kappa shape index (κ1) is 18.2. The standard InChI is InChI=1S/C20H20N4O3/c1-13-3-8-18(14(2)11-13)27-12-19(25)22-15-4-6-16(7-5-15)24-10-9-17(23-24)20(21)26/h3-11H,12H2,1-2H3,(H2,21,26)(H,22,25). The summed E-state index contributed by atoms with van der Waals surface area (Å²) in [7, 11) is 0. The molecule has 0 aliphatic carbocycles. The van der Waals surface area contributed by atoms with Crippen molar-refractivity contribution >= 4 is 17.5 Å². The number of aromatic nitrogens is 2. The third-order valence-electron chi connectivity index (χ3n) is 3.95. The largest absolute Gasteiger partial charge is 0.483 e. The van der Waals surface area contributed by atoms with Crippen LogP contribution in [0.15, 0.2) is 54.7 Å². The topological polar surface area (TPSA) is 99.2 Å². The second-order valence-corrected chi connectivity index (χ2v) is 6.16. The number of amides is 2. The average Bonchev–Trinajstić information content (AvgIpc) is 3.12. The van der Waals surface area contributed by atoms with Crippen LogP contribution < -0.4 is 15.8 Å². The van der Waals surface area contributed by atoms with Gasteiger partial charge in [-0.15, -0.1) is 0 Å². The molecule has 27 heavy (non-hydrogen) atoms. The zero-order valence-corrected chi connectivity index (χ0v) is 15.1. The predicted octanol–water partition coefficient (Wildman–Crippen LogP) is 2.61. The van der Waals surface area contributed by atoms with Gasteiger partial charge in [0.2, 0.25) is 0 Å². The fourth-order valence-electron chi connectivity index (χ4n) is 2.60. The summed E-state index contributed by atoms with van der Waals surface area (Å²) >= 11 is 0. The third kappa shape index (κ3) is 4.52. The summed E-state index contributed by atoms with van der Waals surface area (Å²) in [6.07, 6.45) is 1.64. The molecular weight excluding hydrogens is 344 g/mol. The van der Waals surface area contributed by atoms with Gasteiger partial charge in [0.1, 0.15) is 11.4 Å². The highest BCUT2D eigenvalue weighted by Crippen LogP contribution is 2.19. The Balaban J connectivity index is 1.58. The Hall–Kier alpha value is -3.61. The zero-order valence-electron chi connectivity index (χ0n) is 15.1. The molecule has 0 atom stereocenters. The number of hydrogen-bond acceptors (Lipinski definition) is 4. The lowest BCUT2D eigenvalue weighted by molar-refractivity contribution is -0.118. The molecule has 0 bridgehead atoms. The van der Waals surface area contributed by atoms with E-state index >= 15 is 0 Å². The quantitative estimate of drug-likeness (QED) is 0.702. The molecule has 2 aromatic carbocycles. The average molecular weight is 364 g/mol. The highest BCUT2D eigenvalue weighted by Gasteiger charge is 2.08. The van der Waals surface area contributed by atoms with Gasteiger partial charge in [0, 0.05) is 11.9 Å². The van der Waals surface area contributed by atoms with Crippen LogP contribution in [-0.2, 0) is 4.79 Å². The minimum absolute atomic E-state index is 0.0766. The monoisotopic (exact) mass is 364 g/mol. The highest BCUT2D eigenvalue weighted by molar-refractivity contribution is 5.92. The number of carbonyl (C=O) groups is 2. The van der Waals surface area contributed by atoms with Crippen molar-refractivity contribution in [3.05, 3.63) is 71.5 Å².